The lowest BCUT2D eigenvalue weighted by Crippen LogP contribution is -2.28. The Kier molecular flexibility index (Phi) is 16.3. The molecule has 0 N–H and O–H groups in total. The first-order chi connectivity index (χ1) is 20.5. The van der Waals surface area contributed by atoms with E-state index < -0.39 is 0 Å². The number of nitrogens with zero attached hydrogens (tertiary/aromatic N) is 2. The zero-order chi connectivity index (χ0) is 30.0. The number of carbonyl (C=O) groups is 1. The fraction of sp³-hybridized carbons (Fsp3) is 0.583. The number of carbonyl (C=O) groups excluding carboxylic acids is 1. The number of halogens is 1. The van der Waals surface area contributed by atoms with Gasteiger partial charge in [-0.2, -0.15) is 0 Å². The van der Waals surface area contributed by atoms with E-state index in [4.69, 9.17) is 16.3 Å². The van der Waals surface area contributed by atoms with E-state index in [1.165, 1.54) is 93.9 Å². The minimum absolute atomic E-state index is 0.00821. The summed E-state index contributed by atoms with van der Waals surface area (Å²) in [5, 5.41) is 0.601. The molecule has 2 aromatic rings. The van der Waals surface area contributed by atoms with Crippen molar-refractivity contribution in [1.82, 2.24) is 4.90 Å². The van der Waals surface area contributed by atoms with Gasteiger partial charge in [0.25, 0.3) is 0 Å². The fourth-order valence-electron chi connectivity index (χ4n) is 5.47. The van der Waals surface area contributed by atoms with E-state index in [2.05, 4.69) is 37.1 Å². The Bertz CT molecular complexity index is 1110. The molecule has 0 aliphatic carbocycles. The van der Waals surface area contributed by atoms with Crippen molar-refractivity contribution in [3.63, 3.8) is 0 Å². The van der Waals surface area contributed by atoms with Crippen molar-refractivity contribution in [2.24, 2.45) is 0 Å². The predicted molar refractivity (Wildman–Crippen MR) is 182 cm³/mol. The van der Waals surface area contributed by atoms with E-state index in [1.807, 2.05) is 47.0 Å². The molecule has 3 rings (SSSR count). The second kappa shape index (κ2) is 20.0. The Morgan fingerprint density at radius 3 is 2.10 bits per heavy atom. The summed E-state index contributed by atoms with van der Waals surface area (Å²) in [6.07, 6.45) is 21.0. The molecule has 0 aromatic heterocycles. The number of unbranched alkanes of at least 4 members (excludes halogenated alkanes) is 13. The summed E-state index contributed by atoms with van der Waals surface area (Å²) in [7, 11) is 0. The first-order valence-electron chi connectivity index (χ1n) is 16.3. The maximum Gasteiger partial charge on any atom is 0.224 e. The van der Waals surface area contributed by atoms with Crippen LogP contribution in [-0.4, -0.2) is 23.3 Å². The monoisotopic (exact) mass is 612 g/mol. The van der Waals surface area contributed by atoms with E-state index in [9.17, 15) is 4.79 Å². The van der Waals surface area contributed by atoms with Gasteiger partial charge in [-0.3, -0.25) is 4.79 Å². The van der Waals surface area contributed by atoms with Crippen molar-refractivity contribution in [1.29, 1.82) is 0 Å². The van der Waals surface area contributed by atoms with Gasteiger partial charge in [-0.25, -0.2) is 0 Å². The molecule has 0 spiro atoms. The first kappa shape index (κ1) is 34.4. The lowest BCUT2D eigenvalue weighted by molar-refractivity contribution is -0.116. The maximum atomic E-state index is 12.6. The van der Waals surface area contributed by atoms with E-state index in [0.717, 1.165) is 35.8 Å². The fourth-order valence-corrected chi connectivity index (χ4v) is 6.49. The highest BCUT2D eigenvalue weighted by Gasteiger charge is 2.16. The summed E-state index contributed by atoms with van der Waals surface area (Å²) < 4.78 is 6.00. The van der Waals surface area contributed by atoms with Crippen LogP contribution in [0.2, 0.25) is 5.02 Å². The molecule has 1 amide bonds. The van der Waals surface area contributed by atoms with Crippen molar-refractivity contribution in [3.8, 4) is 5.75 Å². The molecule has 1 aliphatic heterocycles. The van der Waals surface area contributed by atoms with Crippen LogP contribution >= 0.6 is 23.4 Å². The second-order valence-corrected chi connectivity index (χ2v) is 13.3. The summed E-state index contributed by atoms with van der Waals surface area (Å²) in [5.41, 5.74) is 3.08. The molecular weight excluding hydrogens is 560 g/mol. The SMILES string of the molecule is CCCCCCCCCCCCCCCCOc1ccc(CN(C(C)=O)c2cccc(CN3C=C(C)SC3)c2)cc1Cl. The van der Waals surface area contributed by atoms with Crippen LogP contribution < -0.4 is 9.64 Å². The van der Waals surface area contributed by atoms with Gasteiger partial charge in [0.2, 0.25) is 5.91 Å². The average molecular weight is 613 g/mol. The highest BCUT2D eigenvalue weighted by molar-refractivity contribution is 8.03. The van der Waals surface area contributed by atoms with Crippen LogP contribution in [-0.2, 0) is 17.9 Å². The van der Waals surface area contributed by atoms with Crippen molar-refractivity contribution < 1.29 is 9.53 Å². The maximum absolute atomic E-state index is 12.6. The standard InChI is InChI=1S/C36H53ClN2O2S/c1-4-5-6-7-8-9-10-11-12-13-14-15-16-17-23-41-36-22-21-33(25-35(36)37)28-39(31(3)40)34-20-18-19-32(24-34)27-38-26-30(2)42-29-38/h18-22,24-26H,4-17,23,27-29H2,1-3H3. The zero-order valence-electron chi connectivity index (χ0n) is 26.3. The lowest BCUT2D eigenvalue weighted by Gasteiger charge is -2.23. The molecule has 0 unspecified atom stereocenters. The van der Waals surface area contributed by atoms with Crippen LogP contribution in [0.5, 0.6) is 5.75 Å². The molecule has 42 heavy (non-hydrogen) atoms. The van der Waals surface area contributed by atoms with Gasteiger partial charge >= 0.3 is 0 Å². The van der Waals surface area contributed by atoms with E-state index in [0.29, 0.717) is 18.2 Å². The molecule has 4 nitrogen and oxygen atoms in total. The van der Waals surface area contributed by atoms with Gasteiger partial charge in [0, 0.05) is 25.4 Å². The Labute approximate surface area is 265 Å². The van der Waals surface area contributed by atoms with Gasteiger partial charge in [-0.1, -0.05) is 120 Å². The van der Waals surface area contributed by atoms with Gasteiger partial charge in [0.1, 0.15) is 5.75 Å². The number of thioether (sulfide) groups is 1. The molecule has 0 radical (unpaired) electrons. The molecule has 2 aromatic carbocycles. The molecule has 1 heterocycles. The van der Waals surface area contributed by atoms with Gasteiger partial charge in [-0.05, 0) is 53.6 Å². The smallest absolute Gasteiger partial charge is 0.224 e. The van der Waals surface area contributed by atoms with E-state index >= 15 is 0 Å². The van der Waals surface area contributed by atoms with Crippen molar-refractivity contribution in [2.45, 2.75) is 124 Å². The molecule has 0 saturated carbocycles. The first-order valence-corrected chi connectivity index (χ1v) is 17.7. The van der Waals surface area contributed by atoms with Gasteiger partial charge in [0.15, 0.2) is 0 Å². The summed E-state index contributed by atoms with van der Waals surface area (Å²) in [5.74, 6) is 1.70. The molecule has 0 atom stereocenters. The third-order valence-electron chi connectivity index (χ3n) is 7.90. The van der Waals surface area contributed by atoms with Crippen molar-refractivity contribution >= 4 is 35.0 Å². The van der Waals surface area contributed by atoms with Crippen LogP contribution in [0.1, 0.15) is 122 Å². The van der Waals surface area contributed by atoms with Crippen LogP contribution in [0.4, 0.5) is 5.69 Å². The Hall–Kier alpha value is -2.11. The molecule has 0 saturated heterocycles. The number of ether oxygens (including phenoxy) is 1. The molecule has 232 valence electrons. The molecule has 6 heteroatoms. The summed E-state index contributed by atoms with van der Waals surface area (Å²) in [4.78, 5) is 18.1. The predicted octanol–water partition coefficient (Wildman–Crippen LogP) is 11.1. The van der Waals surface area contributed by atoms with Crippen LogP contribution in [0, 0.1) is 0 Å². The van der Waals surface area contributed by atoms with E-state index in [1.54, 1.807) is 6.92 Å². The number of anilines is 1. The van der Waals surface area contributed by atoms with Crippen LogP contribution in [0.3, 0.4) is 0 Å². The Balaban J connectivity index is 1.33. The number of hydrogen-bond acceptors (Lipinski definition) is 4. The van der Waals surface area contributed by atoms with Crippen molar-refractivity contribution in [3.05, 3.63) is 69.7 Å². The quantitative estimate of drug-likeness (QED) is 0.131. The minimum atomic E-state index is 0.00821. The van der Waals surface area contributed by atoms with Crippen molar-refractivity contribution in [2.75, 3.05) is 17.4 Å². The number of rotatable bonds is 21. The van der Waals surface area contributed by atoms with Gasteiger partial charge in [0.05, 0.1) is 24.1 Å². The molecular formula is C36H53ClN2O2S. The van der Waals surface area contributed by atoms with Crippen LogP contribution in [0.25, 0.3) is 0 Å². The second-order valence-electron chi connectivity index (χ2n) is 11.7. The largest absolute Gasteiger partial charge is 0.492 e. The molecule has 0 bridgehead atoms. The normalized spacial score (nSPS) is 13.0. The Morgan fingerprint density at radius 2 is 1.52 bits per heavy atom. The summed E-state index contributed by atoms with van der Waals surface area (Å²) in [6.45, 7) is 8.03. The topological polar surface area (TPSA) is 32.8 Å². The average Bonchev–Trinajstić information content (AvgIpc) is 3.38. The number of benzene rings is 2. The van der Waals surface area contributed by atoms with Crippen LogP contribution in [0.15, 0.2) is 53.6 Å². The lowest BCUT2D eigenvalue weighted by atomic mass is 10.0. The highest BCUT2D eigenvalue weighted by atomic mass is 35.5. The molecule has 0 fully saturated rings. The number of hydrogen-bond donors (Lipinski definition) is 0. The van der Waals surface area contributed by atoms with Gasteiger partial charge < -0.3 is 14.5 Å². The van der Waals surface area contributed by atoms with E-state index in [-0.39, 0.29) is 5.91 Å². The zero-order valence-corrected chi connectivity index (χ0v) is 27.9. The minimum Gasteiger partial charge on any atom is -0.492 e. The molecule has 1 aliphatic rings. The highest BCUT2D eigenvalue weighted by Crippen LogP contribution is 2.29. The third-order valence-corrected chi connectivity index (χ3v) is 9.22. The summed E-state index contributed by atoms with van der Waals surface area (Å²) in [6, 6.07) is 14.1. The third kappa shape index (κ3) is 13.0. The van der Waals surface area contributed by atoms with Gasteiger partial charge in [-0.15, -0.1) is 11.8 Å². The number of allylic oxidation sites excluding steroid dienone is 1. The Morgan fingerprint density at radius 1 is 0.881 bits per heavy atom. The summed E-state index contributed by atoms with van der Waals surface area (Å²) >= 11 is 8.45. The number of amides is 1.